The molecule has 1 N–H and O–H groups in total. The van der Waals surface area contributed by atoms with E-state index in [0.29, 0.717) is 0 Å². The zero-order valence-corrected chi connectivity index (χ0v) is 10.8. The summed E-state index contributed by atoms with van der Waals surface area (Å²) in [6, 6.07) is 8.89. The smallest absolute Gasteiger partial charge is 0.0374 e. The van der Waals surface area contributed by atoms with Gasteiger partial charge in [0.2, 0.25) is 0 Å². The van der Waals surface area contributed by atoms with Crippen LogP contribution < -0.4 is 5.32 Å². The van der Waals surface area contributed by atoms with Crippen molar-refractivity contribution in [3.05, 3.63) is 46.3 Å². The lowest BCUT2D eigenvalue weighted by Gasteiger charge is -2.08. The van der Waals surface area contributed by atoms with Crippen LogP contribution in [-0.4, -0.2) is 7.05 Å². The second kappa shape index (κ2) is 4.81. The SMILES string of the molecule is CNCc1ccc(-c2sccc2C)c(C)c1. The molecule has 0 saturated carbocycles. The van der Waals surface area contributed by atoms with Crippen LogP contribution in [0.2, 0.25) is 0 Å². The number of nitrogens with one attached hydrogen (secondary N) is 1. The molecule has 0 amide bonds. The fraction of sp³-hybridized carbons (Fsp3) is 0.286. The van der Waals surface area contributed by atoms with Crippen LogP contribution in [0.3, 0.4) is 0 Å². The molecule has 0 fully saturated rings. The summed E-state index contributed by atoms with van der Waals surface area (Å²) in [5.41, 5.74) is 5.44. The molecule has 0 atom stereocenters. The topological polar surface area (TPSA) is 12.0 Å². The minimum atomic E-state index is 0.935. The molecule has 0 aliphatic rings. The second-order valence-corrected chi connectivity index (χ2v) is 5.03. The predicted octanol–water partition coefficient (Wildman–Crippen LogP) is 3.75. The summed E-state index contributed by atoms with van der Waals surface area (Å²) in [6.07, 6.45) is 0. The summed E-state index contributed by atoms with van der Waals surface area (Å²) in [7, 11) is 1.98. The van der Waals surface area contributed by atoms with Gasteiger partial charge in [-0.3, -0.25) is 0 Å². The maximum absolute atomic E-state index is 3.18. The zero-order chi connectivity index (χ0) is 11.5. The average molecular weight is 231 g/mol. The summed E-state index contributed by atoms with van der Waals surface area (Å²) in [4.78, 5) is 1.40. The van der Waals surface area contributed by atoms with Crippen LogP contribution in [0, 0.1) is 13.8 Å². The van der Waals surface area contributed by atoms with Crippen molar-refractivity contribution in [3.63, 3.8) is 0 Å². The highest BCUT2D eigenvalue weighted by Crippen LogP contribution is 2.31. The summed E-state index contributed by atoms with van der Waals surface area (Å²) in [6.45, 7) is 5.30. The predicted molar refractivity (Wildman–Crippen MR) is 72.0 cm³/mol. The van der Waals surface area contributed by atoms with Crippen molar-refractivity contribution in [2.45, 2.75) is 20.4 Å². The van der Waals surface area contributed by atoms with E-state index in [2.05, 4.69) is 48.8 Å². The van der Waals surface area contributed by atoms with Crippen LogP contribution in [-0.2, 0) is 6.54 Å². The van der Waals surface area contributed by atoms with Gasteiger partial charge in [0.1, 0.15) is 0 Å². The minimum absolute atomic E-state index is 0.935. The second-order valence-electron chi connectivity index (χ2n) is 4.11. The lowest BCUT2D eigenvalue weighted by molar-refractivity contribution is 0.817. The van der Waals surface area contributed by atoms with Gasteiger partial charge in [-0.1, -0.05) is 18.2 Å². The summed E-state index contributed by atoms with van der Waals surface area (Å²) in [5, 5.41) is 5.34. The molecule has 84 valence electrons. The van der Waals surface area contributed by atoms with Crippen LogP contribution in [0.4, 0.5) is 0 Å². The molecule has 2 rings (SSSR count). The first kappa shape index (κ1) is 11.4. The summed E-state index contributed by atoms with van der Waals surface area (Å²) >= 11 is 1.82. The Morgan fingerprint density at radius 3 is 2.50 bits per heavy atom. The van der Waals surface area contributed by atoms with Crippen LogP contribution >= 0.6 is 11.3 Å². The Kier molecular flexibility index (Phi) is 3.42. The highest BCUT2D eigenvalue weighted by Gasteiger charge is 2.06. The Morgan fingerprint density at radius 1 is 1.12 bits per heavy atom. The molecule has 2 aromatic rings. The number of hydrogen-bond donors (Lipinski definition) is 1. The van der Waals surface area contributed by atoms with Crippen molar-refractivity contribution >= 4 is 11.3 Å². The normalized spacial score (nSPS) is 10.7. The highest BCUT2D eigenvalue weighted by molar-refractivity contribution is 7.13. The Hall–Kier alpha value is -1.12. The van der Waals surface area contributed by atoms with Gasteiger partial charge in [0, 0.05) is 11.4 Å². The molecule has 0 aliphatic heterocycles. The van der Waals surface area contributed by atoms with Crippen molar-refractivity contribution in [1.82, 2.24) is 5.32 Å². The van der Waals surface area contributed by atoms with Crippen molar-refractivity contribution in [1.29, 1.82) is 0 Å². The van der Waals surface area contributed by atoms with Gasteiger partial charge in [-0.2, -0.15) is 0 Å². The van der Waals surface area contributed by atoms with E-state index in [4.69, 9.17) is 0 Å². The van der Waals surface area contributed by atoms with E-state index in [0.717, 1.165) is 6.54 Å². The third kappa shape index (κ3) is 2.18. The van der Waals surface area contributed by atoms with Gasteiger partial charge in [-0.05, 0) is 54.6 Å². The third-order valence-corrected chi connectivity index (χ3v) is 3.83. The van der Waals surface area contributed by atoms with E-state index in [9.17, 15) is 0 Å². The lowest BCUT2D eigenvalue weighted by atomic mass is 10.0. The van der Waals surface area contributed by atoms with Gasteiger partial charge in [0.25, 0.3) is 0 Å². The van der Waals surface area contributed by atoms with Crippen LogP contribution in [0.5, 0.6) is 0 Å². The molecular weight excluding hydrogens is 214 g/mol. The molecule has 0 bridgehead atoms. The van der Waals surface area contributed by atoms with E-state index in [-0.39, 0.29) is 0 Å². The molecule has 0 aliphatic carbocycles. The maximum Gasteiger partial charge on any atom is 0.0374 e. The van der Waals surface area contributed by atoms with Gasteiger partial charge in [-0.15, -0.1) is 11.3 Å². The van der Waals surface area contributed by atoms with Gasteiger partial charge < -0.3 is 5.32 Å². The minimum Gasteiger partial charge on any atom is -0.316 e. The van der Waals surface area contributed by atoms with E-state index in [1.165, 1.54) is 27.1 Å². The van der Waals surface area contributed by atoms with Gasteiger partial charge in [0.15, 0.2) is 0 Å². The van der Waals surface area contributed by atoms with Crippen molar-refractivity contribution in [2.24, 2.45) is 0 Å². The first-order valence-electron chi connectivity index (χ1n) is 5.51. The number of thiophene rings is 1. The molecule has 1 heterocycles. The molecule has 2 heteroatoms. The molecule has 0 saturated heterocycles. The fourth-order valence-corrected chi connectivity index (χ4v) is 2.96. The molecule has 1 aromatic heterocycles. The third-order valence-electron chi connectivity index (χ3n) is 2.78. The van der Waals surface area contributed by atoms with Crippen LogP contribution in [0.15, 0.2) is 29.6 Å². The molecule has 1 nitrogen and oxygen atoms in total. The molecule has 0 unspecified atom stereocenters. The first-order valence-corrected chi connectivity index (χ1v) is 6.39. The summed E-state index contributed by atoms with van der Waals surface area (Å²) < 4.78 is 0. The molecule has 0 spiro atoms. The zero-order valence-electron chi connectivity index (χ0n) is 10.0. The van der Waals surface area contributed by atoms with Gasteiger partial charge >= 0.3 is 0 Å². The molecular formula is C14H17NS. The Bertz CT molecular complexity index is 485. The van der Waals surface area contributed by atoms with E-state index < -0.39 is 0 Å². The van der Waals surface area contributed by atoms with Crippen molar-refractivity contribution in [2.75, 3.05) is 7.05 Å². The molecule has 16 heavy (non-hydrogen) atoms. The van der Waals surface area contributed by atoms with E-state index in [1.807, 2.05) is 18.4 Å². The highest BCUT2D eigenvalue weighted by atomic mass is 32.1. The number of rotatable bonds is 3. The number of hydrogen-bond acceptors (Lipinski definition) is 2. The van der Waals surface area contributed by atoms with Crippen molar-refractivity contribution in [3.8, 4) is 10.4 Å². The van der Waals surface area contributed by atoms with Crippen LogP contribution in [0.1, 0.15) is 16.7 Å². The monoisotopic (exact) mass is 231 g/mol. The van der Waals surface area contributed by atoms with Gasteiger partial charge in [0.05, 0.1) is 0 Å². The Labute approximate surface area is 101 Å². The average Bonchev–Trinajstić information content (AvgIpc) is 2.65. The Balaban J connectivity index is 2.40. The molecule has 1 aromatic carbocycles. The van der Waals surface area contributed by atoms with E-state index >= 15 is 0 Å². The lowest BCUT2D eigenvalue weighted by Crippen LogP contribution is -2.05. The number of aryl methyl sites for hydroxylation is 2. The van der Waals surface area contributed by atoms with Gasteiger partial charge in [-0.25, -0.2) is 0 Å². The van der Waals surface area contributed by atoms with Crippen LogP contribution in [0.25, 0.3) is 10.4 Å². The maximum atomic E-state index is 3.18. The Morgan fingerprint density at radius 2 is 1.94 bits per heavy atom. The largest absolute Gasteiger partial charge is 0.316 e. The van der Waals surface area contributed by atoms with Crippen molar-refractivity contribution < 1.29 is 0 Å². The fourth-order valence-electron chi connectivity index (χ4n) is 1.94. The summed E-state index contributed by atoms with van der Waals surface area (Å²) in [5.74, 6) is 0. The first-order chi connectivity index (χ1) is 7.72. The standard InChI is InChI=1S/C14H17NS/c1-10-6-7-16-14(10)13-5-4-12(9-15-3)8-11(13)2/h4-8,15H,9H2,1-3H3. The number of benzene rings is 1. The quantitative estimate of drug-likeness (QED) is 0.848. The molecule has 0 radical (unpaired) electrons. The van der Waals surface area contributed by atoms with E-state index in [1.54, 1.807) is 0 Å².